The van der Waals surface area contributed by atoms with Gasteiger partial charge in [0.25, 0.3) is 0 Å². The third-order valence-electron chi connectivity index (χ3n) is 4.24. The first-order chi connectivity index (χ1) is 10.4. The Kier molecular flexibility index (Phi) is 3.56. The molecule has 2 atom stereocenters. The molecular formula is C15H14ClFN2O3. The lowest BCUT2D eigenvalue weighted by atomic mass is 9.92. The molecule has 0 saturated carbocycles. The standard InChI is InChI=1S/C15H14ClFN2O3/c16-9-2-3-10(18)13(14(9)17)7-5-8-1-4-11(15(21)22)19(8)12(20)6-7/h2-3,6,8,11H,1,4-5,18H2,(H,21,22)/t8?,11-/m0/s1. The zero-order valence-corrected chi connectivity index (χ0v) is 12.3. The molecule has 0 aliphatic carbocycles. The van der Waals surface area contributed by atoms with Crippen LogP contribution in [0.3, 0.4) is 0 Å². The molecule has 0 bridgehead atoms. The van der Waals surface area contributed by atoms with Gasteiger partial charge in [-0.3, -0.25) is 4.79 Å². The van der Waals surface area contributed by atoms with Crippen LogP contribution >= 0.6 is 11.6 Å². The molecule has 1 aromatic rings. The van der Waals surface area contributed by atoms with Crippen LogP contribution in [0.5, 0.6) is 0 Å². The Morgan fingerprint density at radius 2 is 2.14 bits per heavy atom. The molecule has 1 aromatic carbocycles. The van der Waals surface area contributed by atoms with Gasteiger partial charge in [-0.05, 0) is 37.0 Å². The lowest BCUT2D eigenvalue weighted by Gasteiger charge is -2.32. The van der Waals surface area contributed by atoms with Gasteiger partial charge < -0.3 is 15.7 Å². The highest BCUT2D eigenvalue weighted by Crippen LogP contribution is 2.39. The zero-order chi connectivity index (χ0) is 16.0. The number of hydrogen-bond acceptors (Lipinski definition) is 3. The highest BCUT2D eigenvalue weighted by Gasteiger charge is 2.43. The Balaban J connectivity index is 2.01. The topological polar surface area (TPSA) is 83.6 Å². The van der Waals surface area contributed by atoms with Crippen molar-refractivity contribution in [3.63, 3.8) is 0 Å². The summed E-state index contributed by atoms with van der Waals surface area (Å²) >= 11 is 5.79. The van der Waals surface area contributed by atoms with E-state index >= 15 is 0 Å². The smallest absolute Gasteiger partial charge is 0.326 e. The fourth-order valence-electron chi connectivity index (χ4n) is 3.26. The number of benzene rings is 1. The number of halogens is 2. The van der Waals surface area contributed by atoms with Gasteiger partial charge in [0, 0.05) is 23.4 Å². The molecule has 2 heterocycles. The number of carbonyl (C=O) groups is 2. The van der Waals surface area contributed by atoms with Crippen LogP contribution in [0.1, 0.15) is 24.8 Å². The number of amides is 1. The Hall–Kier alpha value is -2.08. The van der Waals surface area contributed by atoms with Gasteiger partial charge in [-0.2, -0.15) is 0 Å². The van der Waals surface area contributed by atoms with Crippen molar-refractivity contribution in [1.29, 1.82) is 0 Å². The molecular weight excluding hydrogens is 311 g/mol. The predicted molar refractivity (Wildman–Crippen MR) is 79.7 cm³/mol. The third-order valence-corrected chi connectivity index (χ3v) is 4.54. The molecule has 116 valence electrons. The van der Waals surface area contributed by atoms with E-state index in [4.69, 9.17) is 22.4 Å². The van der Waals surface area contributed by atoms with Crippen LogP contribution in [0.25, 0.3) is 5.57 Å². The van der Waals surface area contributed by atoms with Crippen LogP contribution < -0.4 is 5.73 Å². The van der Waals surface area contributed by atoms with E-state index < -0.39 is 23.7 Å². The van der Waals surface area contributed by atoms with Crippen molar-refractivity contribution in [3.05, 3.63) is 34.6 Å². The Bertz CT molecular complexity index is 704. The average molecular weight is 325 g/mol. The van der Waals surface area contributed by atoms with Gasteiger partial charge >= 0.3 is 5.97 Å². The fourth-order valence-corrected chi connectivity index (χ4v) is 3.42. The predicted octanol–water partition coefficient (Wildman–Crippen LogP) is 2.29. The highest BCUT2D eigenvalue weighted by atomic mass is 35.5. The van der Waals surface area contributed by atoms with Crippen LogP contribution in [0.4, 0.5) is 10.1 Å². The van der Waals surface area contributed by atoms with Crippen molar-refractivity contribution in [2.45, 2.75) is 31.3 Å². The van der Waals surface area contributed by atoms with Crippen LogP contribution in [-0.4, -0.2) is 34.0 Å². The van der Waals surface area contributed by atoms with Crippen molar-refractivity contribution < 1.29 is 19.1 Å². The minimum Gasteiger partial charge on any atom is -0.480 e. The molecule has 2 aliphatic heterocycles. The largest absolute Gasteiger partial charge is 0.480 e. The SMILES string of the molecule is Nc1ccc(Cl)c(F)c1C1=CC(=O)N2C(CC[C@H]2C(=O)O)C1. The number of nitrogens with two attached hydrogens (primary N) is 1. The number of hydrogen-bond donors (Lipinski definition) is 2. The minimum atomic E-state index is -1.01. The van der Waals surface area contributed by atoms with E-state index in [2.05, 4.69) is 0 Å². The second kappa shape index (κ2) is 5.28. The molecule has 1 unspecified atom stereocenters. The zero-order valence-electron chi connectivity index (χ0n) is 11.6. The second-order valence-corrected chi connectivity index (χ2v) is 5.94. The van der Waals surface area contributed by atoms with Crippen molar-refractivity contribution in [2.24, 2.45) is 0 Å². The van der Waals surface area contributed by atoms with Crippen molar-refractivity contribution in [1.82, 2.24) is 4.90 Å². The number of carbonyl (C=O) groups excluding carboxylic acids is 1. The number of carboxylic acids is 1. The Morgan fingerprint density at radius 3 is 2.82 bits per heavy atom. The summed E-state index contributed by atoms with van der Waals surface area (Å²) in [6, 6.07) is 1.80. The van der Waals surface area contributed by atoms with Crippen LogP contribution in [0.2, 0.25) is 5.02 Å². The van der Waals surface area contributed by atoms with Gasteiger partial charge in [-0.15, -0.1) is 0 Å². The summed E-state index contributed by atoms with van der Waals surface area (Å²) in [6.45, 7) is 0. The lowest BCUT2D eigenvalue weighted by molar-refractivity contribution is -0.147. The quantitative estimate of drug-likeness (QED) is 0.818. The molecule has 1 fully saturated rings. The first-order valence-electron chi connectivity index (χ1n) is 6.89. The van der Waals surface area contributed by atoms with E-state index in [0.29, 0.717) is 24.8 Å². The normalized spacial score (nSPS) is 24.2. The van der Waals surface area contributed by atoms with E-state index in [1.165, 1.54) is 23.1 Å². The molecule has 22 heavy (non-hydrogen) atoms. The summed E-state index contributed by atoms with van der Waals surface area (Å²) in [5.74, 6) is -2.09. The molecule has 0 radical (unpaired) electrons. The number of aliphatic carboxylic acids is 1. The summed E-state index contributed by atoms with van der Waals surface area (Å²) in [5.41, 5.74) is 6.64. The number of fused-ring (bicyclic) bond motifs is 1. The molecule has 5 nitrogen and oxygen atoms in total. The first-order valence-corrected chi connectivity index (χ1v) is 7.27. The fraction of sp³-hybridized carbons (Fsp3) is 0.333. The summed E-state index contributed by atoms with van der Waals surface area (Å²) in [6.07, 6.45) is 2.61. The maximum Gasteiger partial charge on any atom is 0.326 e. The van der Waals surface area contributed by atoms with Gasteiger partial charge in [-0.25, -0.2) is 9.18 Å². The molecule has 0 aromatic heterocycles. The van der Waals surface area contributed by atoms with Crippen LogP contribution in [0.15, 0.2) is 18.2 Å². The number of rotatable bonds is 2. The maximum atomic E-state index is 14.3. The second-order valence-electron chi connectivity index (χ2n) is 5.53. The van der Waals surface area contributed by atoms with E-state index in [1.807, 2.05) is 0 Å². The van der Waals surface area contributed by atoms with Crippen molar-refractivity contribution in [3.8, 4) is 0 Å². The van der Waals surface area contributed by atoms with E-state index in [1.54, 1.807) is 0 Å². The summed E-state index contributed by atoms with van der Waals surface area (Å²) in [5, 5.41) is 9.11. The van der Waals surface area contributed by atoms with Crippen LogP contribution in [-0.2, 0) is 9.59 Å². The summed E-state index contributed by atoms with van der Waals surface area (Å²) in [7, 11) is 0. The summed E-state index contributed by atoms with van der Waals surface area (Å²) < 4.78 is 14.3. The van der Waals surface area contributed by atoms with Crippen molar-refractivity contribution in [2.75, 3.05) is 5.73 Å². The highest BCUT2D eigenvalue weighted by molar-refractivity contribution is 6.31. The molecule has 7 heteroatoms. The van der Waals surface area contributed by atoms with E-state index in [9.17, 15) is 14.0 Å². The van der Waals surface area contributed by atoms with Crippen molar-refractivity contribution >= 4 is 34.7 Å². The number of nitrogens with zero attached hydrogens (tertiary/aromatic N) is 1. The molecule has 3 N–H and O–H groups in total. The van der Waals surface area contributed by atoms with Gasteiger partial charge in [0.05, 0.1) is 5.02 Å². The number of carboxylic acid groups (broad SMARTS) is 1. The minimum absolute atomic E-state index is 0.0604. The van der Waals surface area contributed by atoms with Gasteiger partial charge in [0.1, 0.15) is 6.04 Å². The van der Waals surface area contributed by atoms with Gasteiger partial charge in [-0.1, -0.05) is 11.6 Å². The summed E-state index contributed by atoms with van der Waals surface area (Å²) in [4.78, 5) is 24.8. The lowest BCUT2D eigenvalue weighted by Crippen LogP contribution is -2.46. The third kappa shape index (κ3) is 2.23. The molecule has 2 aliphatic rings. The Labute approximate surface area is 131 Å². The number of nitrogen functional groups attached to an aromatic ring is 1. The van der Waals surface area contributed by atoms with E-state index in [-0.39, 0.29) is 22.3 Å². The average Bonchev–Trinajstić information content (AvgIpc) is 2.88. The molecule has 1 saturated heterocycles. The maximum absolute atomic E-state index is 14.3. The van der Waals surface area contributed by atoms with Gasteiger partial charge in [0.15, 0.2) is 5.82 Å². The number of anilines is 1. The van der Waals surface area contributed by atoms with Gasteiger partial charge in [0.2, 0.25) is 5.91 Å². The van der Waals surface area contributed by atoms with Crippen LogP contribution in [0, 0.1) is 5.82 Å². The Morgan fingerprint density at radius 1 is 1.41 bits per heavy atom. The molecule has 3 rings (SSSR count). The monoisotopic (exact) mass is 324 g/mol. The first kappa shape index (κ1) is 14.8. The molecule has 0 spiro atoms. The van der Waals surface area contributed by atoms with E-state index in [0.717, 1.165) is 0 Å². The molecule has 1 amide bonds.